The predicted octanol–water partition coefficient (Wildman–Crippen LogP) is 3.25. The smallest absolute Gasteiger partial charge is 0.240 e. The molecule has 1 aromatic carbocycles. The van der Waals surface area contributed by atoms with Gasteiger partial charge in [-0.3, -0.25) is 4.68 Å². The Hall–Kier alpha value is -1.18. The van der Waals surface area contributed by atoms with Crippen molar-refractivity contribution in [2.24, 2.45) is 0 Å². The SMILES string of the molecule is Cc1ccc(S(=O)(=O)NCCCn2nc(C)c(Br)c2C)c(C)c1. The van der Waals surface area contributed by atoms with Gasteiger partial charge >= 0.3 is 0 Å². The summed E-state index contributed by atoms with van der Waals surface area (Å²) >= 11 is 3.49. The zero-order chi connectivity index (χ0) is 17.2. The van der Waals surface area contributed by atoms with Crippen LogP contribution in [0.15, 0.2) is 27.6 Å². The van der Waals surface area contributed by atoms with E-state index >= 15 is 0 Å². The molecule has 0 saturated heterocycles. The fourth-order valence-electron chi connectivity index (χ4n) is 2.51. The summed E-state index contributed by atoms with van der Waals surface area (Å²) in [6, 6.07) is 5.35. The van der Waals surface area contributed by atoms with Crippen LogP contribution in [0.4, 0.5) is 0 Å². The zero-order valence-corrected chi connectivity index (χ0v) is 16.3. The Balaban J connectivity index is 1.96. The molecule has 126 valence electrons. The molecule has 0 unspecified atom stereocenters. The molecule has 0 aliphatic rings. The van der Waals surface area contributed by atoms with E-state index in [9.17, 15) is 8.42 Å². The molecule has 0 saturated carbocycles. The monoisotopic (exact) mass is 399 g/mol. The van der Waals surface area contributed by atoms with Crippen molar-refractivity contribution in [3.8, 4) is 0 Å². The molecule has 2 rings (SSSR count). The molecule has 0 bridgehead atoms. The fourth-order valence-corrected chi connectivity index (χ4v) is 4.09. The lowest BCUT2D eigenvalue weighted by molar-refractivity contribution is 0.543. The Labute approximate surface area is 146 Å². The van der Waals surface area contributed by atoms with Crippen molar-refractivity contribution in [2.45, 2.75) is 45.6 Å². The molecule has 0 fully saturated rings. The van der Waals surface area contributed by atoms with E-state index in [1.165, 1.54) is 0 Å². The van der Waals surface area contributed by atoms with Crippen LogP contribution in [0.25, 0.3) is 0 Å². The first-order valence-corrected chi connectivity index (χ1v) is 9.76. The van der Waals surface area contributed by atoms with Crippen molar-refractivity contribution in [1.29, 1.82) is 0 Å². The van der Waals surface area contributed by atoms with Gasteiger partial charge in [0.1, 0.15) is 0 Å². The number of nitrogens with one attached hydrogen (secondary N) is 1. The van der Waals surface area contributed by atoms with Crippen LogP contribution < -0.4 is 4.72 Å². The highest BCUT2D eigenvalue weighted by Crippen LogP contribution is 2.20. The minimum Gasteiger partial charge on any atom is -0.268 e. The Morgan fingerprint density at radius 3 is 2.48 bits per heavy atom. The summed E-state index contributed by atoms with van der Waals surface area (Å²) in [5.41, 5.74) is 3.81. The maximum absolute atomic E-state index is 12.4. The standard InChI is InChI=1S/C16H22BrN3O2S/c1-11-6-7-15(12(2)10-11)23(21,22)18-8-5-9-20-14(4)16(17)13(3)19-20/h6-7,10,18H,5,8-9H2,1-4H3. The maximum atomic E-state index is 12.4. The van der Waals surface area contributed by atoms with Crippen LogP contribution in [-0.4, -0.2) is 24.7 Å². The first-order valence-electron chi connectivity index (χ1n) is 7.49. The average Bonchev–Trinajstić information content (AvgIpc) is 2.70. The highest BCUT2D eigenvalue weighted by atomic mass is 79.9. The van der Waals surface area contributed by atoms with E-state index in [-0.39, 0.29) is 0 Å². The summed E-state index contributed by atoms with van der Waals surface area (Å²) in [4.78, 5) is 0.344. The van der Waals surface area contributed by atoms with Gasteiger partial charge in [0, 0.05) is 18.8 Å². The maximum Gasteiger partial charge on any atom is 0.240 e. The molecule has 0 aliphatic carbocycles. The van der Waals surface area contributed by atoms with Crippen LogP contribution in [-0.2, 0) is 16.6 Å². The molecular formula is C16H22BrN3O2S. The third-order valence-electron chi connectivity index (χ3n) is 3.75. The number of hydrogen-bond acceptors (Lipinski definition) is 3. The molecule has 7 heteroatoms. The van der Waals surface area contributed by atoms with Gasteiger partial charge in [0.2, 0.25) is 10.0 Å². The topological polar surface area (TPSA) is 64.0 Å². The van der Waals surface area contributed by atoms with Crippen LogP contribution in [0.3, 0.4) is 0 Å². The number of rotatable bonds is 6. The van der Waals surface area contributed by atoms with Crippen LogP contribution in [0.1, 0.15) is 28.9 Å². The second kappa shape index (κ2) is 7.15. The summed E-state index contributed by atoms with van der Waals surface area (Å²) < 4.78 is 30.3. The number of benzene rings is 1. The van der Waals surface area contributed by atoms with Crippen molar-refractivity contribution < 1.29 is 8.42 Å². The van der Waals surface area contributed by atoms with Gasteiger partial charge < -0.3 is 0 Å². The normalized spacial score (nSPS) is 11.9. The van der Waals surface area contributed by atoms with Crippen LogP contribution in [0.5, 0.6) is 0 Å². The number of nitrogens with zero attached hydrogens (tertiary/aromatic N) is 2. The third-order valence-corrected chi connectivity index (χ3v) is 6.52. The van der Waals surface area contributed by atoms with Crippen molar-refractivity contribution in [2.75, 3.05) is 6.54 Å². The largest absolute Gasteiger partial charge is 0.268 e. The third kappa shape index (κ3) is 4.22. The molecule has 2 aromatic rings. The van der Waals surface area contributed by atoms with E-state index in [2.05, 4.69) is 25.8 Å². The van der Waals surface area contributed by atoms with Gasteiger partial charge in [0.25, 0.3) is 0 Å². The lowest BCUT2D eigenvalue weighted by atomic mass is 10.2. The van der Waals surface area contributed by atoms with E-state index < -0.39 is 10.0 Å². The minimum atomic E-state index is -3.46. The number of aryl methyl sites for hydroxylation is 4. The van der Waals surface area contributed by atoms with E-state index in [0.717, 1.165) is 27.0 Å². The Morgan fingerprint density at radius 1 is 1.22 bits per heavy atom. The molecule has 0 spiro atoms. The highest BCUT2D eigenvalue weighted by molar-refractivity contribution is 9.10. The molecule has 1 aromatic heterocycles. The molecule has 1 heterocycles. The molecular weight excluding hydrogens is 378 g/mol. The van der Waals surface area contributed by atoms with Crippen LogP contribution >= 0.6 is 15.9 Å². The lowest BCUT2D eigenvalue weighted by Gasteiger charge is -2.10. The first kappa shape index (κ1) is 18.2. The van der Waals surface area contributed by atoms with E-state index in [4.69, 9.17) is 0 Å². The molecule has 0 radical (unpaired) electrons. The van der Waals surface area contributed by atoms with E-state index in [1.54, 1.807) is 6.07 Å². The van der Waals surface area contributed by atoms with Crippen molar-refractivity contribution in [3.05, 3.63) is 45.2 Å². The average molecular weight is 400 g/mol. The Morgan fingerprint density at radius 2 is 1.91 bits per heavy atom. The molecule has 5 nitrogen and oxygen atoms in total. The Kier molecular flexibility index (Phi) is 5.65. The number of aromatic nitrogens is 2. The van der Waals surface area contributed by atoms with E-state index in [0.29, 0.717) is 24.4 Å². The molecule has 0 atom stereocenters. The summed E-state index contributed by atoms with van der Waals surface area (Å²) in [7, 11) is -3.46. The molecule has 0 amide bonds. The summed E-state index contributed by atoms with van der Waals surface area (Å²) in [6.45, 7) is 8.75. The van der Waals surface area contributed by atoms with Gasteiger partial charge in [-0.15, -0.1) is 0 Å². The van der Waals surface area contributed by atoms with Gasteiger partial charge in [-0.1, -0.05) is 17.7 Å². The van der Waals surface area contributed by atoms with Crippen molar-refractivity contribution in [1.82, 2.24) is 14.5 Å². The molecule has 0 aliphatic heterocycles. The van der Waals surface area contributed by atoms with Crippen molar-refractivity contribution >= 4 is 26.0 Å². The van der Waals surface area contributed by atoms with Gasteiger partial charge in [-0.05, 0) is 61.7 Å². The van der Waals surface area contributed by atoms with E-state index in [1.807, 2.05) is 44.5 Å². The molecule has 1 N–H and O–H groups in total. The first-order chi connectivity index (χ1) is 10.7. The number of hydrogen-bond donors (Lipinski definition) is 1. The van der Waals surface area contributed by atoms with Crippen LogP contribution in [0.2, 0.25) is 0 Å². The second-order valence-corrected chi connectivity index (χ2v) is 8.26. The lowest BCUT2D eigenvalue weighted by Crippen LogP contribution is -2.26. The Bertz CT molecular complexity index is 813. The summed E-state index contributed by atoms with van der Waals surface area (Å²) in [6.07, 6.45) is 0.679. The number of halogens is 1. The van der Waals surface area contributed by atoms with Crippen molar-refractivity contribution in [3.63, 3.8) is 0 Å². The fraction of sp³-hybridized carbons (Fsp3) is 0.438. The zero-order valence-electron chi connectivity index (χ0n) is 13.9. The summed E-state index contributed by atoms with van der Waals surface area (Å²) in [5, 5.41) is 4.42. The van der Waals surface area contributed by atoms with Crippen LogP contribution in [0, 0.1) is 27.7 Å². The quantitative estimate of drug-likeness (QED) is 0.758. The summed E-state index contributed by atoms with van der Waals surface area (Å²) in [5.74, 6) is 0. The minimum absolute atomic E-state index is 0.344. The second-order valence-electron chi connectivity index (χ2n) is 5.73. The molecule has 23 heavy (non-hydrogen) atoms. The van der Waals surface area contributed by atoms with Gasteiger partial charge in [-0.2, -0.15) is 5.10 Å². The number of sulfonamides is 1. The van der Waals surface area contributed by atoms with Gasteiger partial charge in [0.05, 0.1) is 15.1 Å². The van der Waals surface area contributed by atoms with Gasteiger partial charge in [-0.25, -0.2) is 13.1 Å². The predicted molar refractivity (Wildman–Crippen MR) is 95.1 cm³/mol. The van der Waals surface area contributed by atoms with Gasteiger partial charge in [0.15, 0.2) is 0 Å². The highest BCUT2D eigenvalue weighted by Gasteiger charge is 2.16.